The van der Waals surface area contributed by atoms with Gasteiger partial charge in [-0.2, -0.15) is 0 Å². The lowest BCUT2D eigenvalue weighted by Crippen LogP contribution is -2.45. The molecule has 0 heterocycles. The van der Waals surface area contributed by atoms with Crippen LogP contribution in [0.3, 0.4) is 0 Å². The Bertz CT molecular complexity index is 1220. The zero-order chi connectivity index (χ0) is 47.7. The van der Waals surface area contributed by atoms with E-state index in [-0.39, 0.29) is 12.5 Å². The van der Waals surface area contributed by atoms with Crippen molar-refractivity contribution in [1.29, 1.82) is 0 Å². The molecule has 0 radical (unpaired) electrons. The van der Waals surface area contributed by atoms with Gasteiger partial charge in [0.1, 0.15) is 0 Å². The molecule has 0 fully saturated rings. The van der Waals surface area contributed by atoms with Gasteiger partial charge >= 0.3 is 0 Å². The molecular weight excluding hydrogens is 807 g/mol. The minimum absolute atomic E-state index is 0.0744. The van der Waals surface area contributed by atoms with Crippen LogP contribution in [0.4, 0.5) is 0 Å². The summed E-state index contributed by atoms with van der Waals surface area (Å²) in [5.74, 6) is -0.0744. The molecule has 0 aromatic heterocycles. The molecule has 0 bridgehead atoms. The van der Waals surface area contributed by atoms with Crippen LogP contribution in [0.25, 0.3) is 0 Å². The van der Waals surface area contributed by atoms with Crippen LogP contribution < -0.4 is 5.32 Å². The standard InChI is InChI=1S/C62H109NO3/c1-3-5-7-9-11-13-15-17-19-21-23-25-27-29-31-33-35-37-39-41-43-45-47-49-51-53-55-57-61(65)60(59-64)63-62(66)58-56-54-52-50-48-46-44-42-40-38-36-34-32-30-28-26-24-22-20-18-16-14-12-10-8-6-4-2/h6,8,12,14,18,20,24,26,30,32,36,38,42,44,48,50,60-61,64-65H,3-5,7,9-11,13,15-17,19,21-23,25,27-29,31,33-35,37,39-41,43,45-47,49,51-59H2,1-2H3,(H,63,66)/b8-6-,14-12-,20-18-,26-24-,32-30-,38-36-,44-42-,50-48-. The average Bonchev–Trinajstić information content (AvgIpc) is 3.32. The number of rotatable bonds is 51. The number of aliphatic hydroxyl groups excluding tert-OH is 2. The van der Waals surface area contributed by atoms with Crippen molar-refractivity contribution in [3.05, 3.63) is 97.2 Å². The summed E-state index contributed by atoms with van der Waals surface area (Å²) in [6.45, 7) is 4.24. The van der Waals surface area contributed by atoms with Gasteiger partial charge in [0.15, 0.2) is 0 Å². The van der Waals surface area contributed by atoms with Gasteiger partial charge in [0.2, 0.25) is 5.91 Å². The molecule has 4 heteroatoms. The van der Waals surface area contributed by atoms with Gasteiger partial charge in [0.05, 0.1) is 18.8 Å². The molecule has 0 saturated carbocycles. The van der Waals surface area contributed by atoms with Gasteiger partial charge in [0.25, 0.3) is 0 Å². The number of hydrogen-bond acceptors (Lipinski definition) is 3. The van der Waals surface area contributed by atoms with E-state index in [9.17, 15) is 15.0 Å². The van der Waals surface area contributed by atoms with Gasteiger partial charge in [-0.05, 0) is 77.0 Å². The van der Waals surface area contributed by atoms with Crippen molar-refractivity contribution in [2.45, 2.75) is 283 Å². The second-order valence-electron chi connectivity index (χ2n) is 19.0. The minimum Gasteiger partial charge on any atom is -0.394 e. The van der Waals surface area contributed by atoms with E-state index in [1.54, 1.807) is 0 Å². The summed E-state index contributed by atoms with van der Waals surface area (Å²) in [5, 5.41) is 23.3. The van der Waals surface area contributed by atoms with Crippen molar-refractivity contribution >= 4 is 5.91 Å². The first-order valence-corrected chi connectivity index (χ1v) is 28.4. The van der Waals surface area contributed by atoms with Gasteiger partial charge in [-0.25, -0.2) is 0 Å². The predicted octanol–water partition coefficient (Wildman–Crippen LogP) is 18.9. The maximum atomic E-state index is 12.5. The third-order valence-electron chi connectivity index (χ3n) is 12.6. The Hall–Kier alpha value is -2.69. The van der Waals surface area contributed by atoms with E-state index in [2.05, 4.69) is 116 Å². The topological polar surface area (TPSA) is 69.6 Å². The molecule has 2 unspecified atom stereocenters. The normalized spacial score (nSPS) is 13.6. The molecule has 4 nitrogen and oxygen atoms in total. The van der Waals surface area contributed by atoms with E-state index < -0.39 is 12.1 Å². The van der Waals surface area contributed by atoms with Crippen LogP contribution in [0.1, 0.15) is 271 Å². The van der Waals surface area contributed by atoms with Crippen molar-refractivity contribution in [2.75, 3.05) is 6.61 Å². The van der Waals surface area contributed by atoms with Crippen molar-refractivity contribution in [3.8, 4) is 0 Å². The fourth-order valence-electron chi connectivity index (χ4n) is 8.32. The molecule has 66 heavy (non-hydrogen) atoms. The van der Waals surface area contributed by atoms with Gasteiger partial charge in [0, 0.05) is 6.42 Å². The molecule has 0 spiro atoms. The molecule has 0 aromatic carbocycles. The number of carbonyl (C=O) groups is 1. The summed E-state index contributed by atoms with van der Waals surface area (Å²) in [5.41, 5.74) is 0. The lowest BCUT2D eigenvalue weighted by Gasteiger charge is -2.22. The third kappa shape index (κ3) is 52.3. The van der Waals surface area contributed by atoms with E-state index in [0.717, 1.165) is 83.5 Å². The van der Waals surface area contributed by atoms with Gasteiger partial charge in [-0.3, -0.25) is 4.79 Å². The molecule has 0 saturated heterocycles. The molecule has 0 aliphatic heterocycles. The van der Waals surface area contributed by atoms with Crippen molar-refractivity contribution < 1.29 is 15.0 Å². The molecule has 0 aromatic rings. The second kappa shape index (κ2) is 56.6. The average molecular weight is 917 g/mol. The summed E-state index contributed by atoms with van der Waals surface area (Å²) >= 11 is 0. The SMILES string of the molecule is CC/C=C\C/C=C\C/C=C\C/C=C\C/C=C\C/C=C\C/C=C\C/C=C\CCCCC(=O)NC(CO)C(O)CCCCCCCCCCCCCCCCCCCCCCCCCCCCC. The minimum atomic E-state index is -0.687. The van der Waals surface area contributed by atoms with Gasteiger partial charge in [-0.1, -0.05) is 284 Å². The number of allylic oxidation sites excluding steroid dienone is 16. The Kier molecular flexibility index (Phi) is 54.3. The first kappa shape index (κ1) is 63.3. The molecule has 0 rings (SSSR count). The number of amides is 1. The Morgan fingerprint density at radius 1 is 0.379 bits per heavy atom. The summed E-state index contributed by atoms with van der Waals surface area (Å²) in [6.07, 6.45) is 83.9. The third-order valence-corrected chi connectivity index (χ3v) is 12.6. The zero-order valence-electron chi connectivity index (χ0n) is 43.7. The Labute approximate surface area is 411 Å². The highest BCUT2D eigenvalue weighted by atomic mass is 16.3. The number of hydrogen-bond donors (Lipinski definition) is 3. The highest BCUT2D eigenvalue weighted by molar-refractivity contribution is 5.76. The second-order valence-corrected chi connectivity index (χ2v) is 19.0. The molecule has 0 aliphatic rings. The fourth-order valence-corrected chi connectivity index (χ4v) is 8.32. The van der Waals surface area contributed by atoms with Crippen LogP contribution in [0.15, 0.2) is 97.2 Å². The summed E-state index contributed by atoms with van der Waals surface area (Å²) in [4.78, 5) is 12.5. The highest BCUT2D eigenvalue weighted by Gasteiger charge is 2.20. The van der Waals surface area contributed by atoms with E-state index in [1.807, 2.05) is 0 Å². The lowest BCUT2D eigenvalue weighted by molar-refractivity contribution is -0.123. The number of carbonyl (C=O) groups excluding carboxylic acids is 1. The maximum Gasteiger partial charge on any atom is 0.220 e. The fraction of sp³-hybridized carbons (Fsp3) is 0.726. The van der Waals surface area contributed by atoms with E-state index in [4.69, 9.17) is 0 Å². The largest absolute Gasteiger partial charge is 0.394 e. The molecule has 3 N–H and O–H groups in total. The monoisotopic (exact) mass is 916 g/mol. The van der Waals surface area contributed by atoms with Crippen LogP contribution >= 0.6 is 0 Å². The van der Waals surface area contributed by atoms with Crippen molar-refractivity contribution in [1.82, 2.24) is 5.32 Å². The lowest BCUT2D eigenvalue weighted by atomic mass is 10.0. The Morgan fingerprint density at radius 2 is 0.667 bits per heavy atom. The van der Waals surface area contributed by atoms with Gasteiger partial charge in [-0.15, -0.1) is 0 Å². The first-order chi connectivity index (χ1) is 32.7. The van der Waals surface area contributed by atoms with Crippen LogP contribution in [0.5, 0.6) is 0 Å². The van der Waals surface area contributed by atoms with E-state index in [1.165, 1.54) is 161 Å². The number of aliphatic hydroxyl groups is 2. The smallest absolute Gasteiger partial charge is 0.220 e. The molecular formula is C62H109NO3. The van der Waals surface area contributed by atoms with E-state index >= 15 is 0 Å². The number of nitrogens with one attached hydrogen (secondary N) is 1. The Morgan fingerprint density at radius 3 is 0.970 bits per heavy atom. The summed E-state index contributed by atoms with van der Waals surface area (Å²) in [7, 11) is 0. The number of unbranched alkanes of at least 4 members (excludes halogenated alkanes) is 28. The molecule has 380 valence electrons. The molecule has 2 atom stereocenters. The molecule has 1 amide bonds. The van der Waals surface area contributed by atoms with Crippen LogP contribution in [-0.4, -0.2) is 34.9 Å². The molecule has 0 aliphatic carbocycles. The van der Waals surface area contributed by atoms with Crippen LogP contribution in [0, 0.1) is 0 Å². The van der Waals surface area contributed by atoms with E-state index in [0.29, 0.717) is 12.8 Å². The Balaban J connectivity index is 3.59. The van der Waals surface area contributed by atoms with Gasteiger partial charge < -0.3 is 15.5 Å². The van der Waals surface area contributed by atoms with Crippen LogP contribution in [-0.2, 0) is 4.79 Å². The summed E-state index contributed by atoms with van der Waals surface area (Å²) in [6, 6.07) is -0.568. The van der Waals surface area contributed by atoms with Crippen LogP contribution in [0.2, 0.25) is 0 Å². The quantitative estimate of drug-likeness (QED) is 0.0421. The van der Waals surface area contributed by atoms with Crippen molar-refractivity contribution in [3.63, 3.8) is 0 Å². The maximum absolute atomic E-state index is 12.5. The zero-order valence-corrected chi connectivity index (χ0v) is 43.7. The highest BCUT2D eigenvalue weighted by Crippen LogP contribution is 2.17. The van der Waals surface area contributed by atoms with Crippen molar-refractivity contribution in [2.24, 2.45) is 0 Å². The predicted molar refractivity (Wildman–Crippen MR) is 294 cm³/mol. The summed E-state index contributed by atoms with van der Waals surface area (Å²) < 4.78 is 0. The first-order valence-electron chi connectivity index (χ1n) is 28.4.